The van der Waals surface area contributed by atoms with Gasteiger partial charge in [-0.15, -0.1) is 0 Å². The molecule has 0 aliphatic carbocycles. The van der Waals surface area contributed by atoms with Gasteiger partial charge in [0.05, 0.1) is 12.3 Å². The minimum absolute atomic E-state index is 0.490. The molecule has 0 unspecified atom stereocenters. The minimum Gasteiger partial charge on any atom is -0.493 e. The third-order valence-corrected chi connectivity index (χ3v) is 3.66. The highest BCUT2D eigenvalue weighted by Crippen LogP contribution is 2.32. The van der Waals surface area contributed by atoms with Gasteiger partial charge in [0, 0.05) is 43.1 Å². The quantitative estimate of drug-likeness (QED) is 0.744. The van der Waals surface area contributed by atoms with Gasteiger partial charge >= 0.3 is 0 Å². The number of aromatic nitrogens is 3. The highest BCUT2D eigenvalue weighted by Gasteiger charge is 2.18. The zero-order valence-electron chi connectivity index (χ0n) is 13.7. The summed E-state index contributed by atoms with van der Waals surface area (Å²) in [6, 6.07) is 9.84. The summed E-state index contributed by atoms with van der Waals surface area (Å²) in [5, 5.41) is 7.42. The molecule has 4 rings (SSSR count). The third kappa shape index (κ3) is 3.60. The van der Waals surface area contributed by atoms with Crippen LogP contribution in [0.25, 0.3) is 17.1 Å². The molecule has 128 valence electrons. The summed E-state index contributed by atoms with van der Waals surface area (Å²) in [5.41, 5.74) is 9.05. The van der Waals surface area contributed by atoms with E-state index >= 15 is 0 Å². The minimum atomic E-state index is -0.833. The number of carboxylic acid groups (broad SMARTS) is 1. The molecule has 0 spiro atoms. The van der Waals surface area contributed by atoms with Gasteiger partial charge in [0.25, 0.3) is 5.97 Å². The van der Waals surface area contributed by atoms with Gasteiger partial charge in [-0.3, -0.25) is 9.36 Å². The molecule has 0 bridgehead atoms. The molecule has 2 aromatic heterocycles. The van der Waals surface area contributed by atoms with E-state index in [4.69, 9.17) is 20.4 Å². The zero-order valence-corrected chi connectivity index (χ0v) is 13.7. The molecule has 1 aliphatic heterocycles. The number of hydrogen-bond acceptors (Lipinski definition) is 5. The molecular formula is C18H18N4O3. The molecule has 3 heterocycles. The van der Waals surface area contributed by atoms with E-state index in [1.165, 1.54) is 5.56 Å². The van der Waals surface area contributed by atoms with Crippen molar-refractivity contribution in [2.24, 2.45) is 0 Å². The van der Waals surface area contributed by atoms with Gasteiger partial charge < -0.3 is 15.6 Å². The number of fused-ring (bicyclic) bond motifs is 1. The highest BCUT2D eigenvalue weighted by atomic mass is 16.5. The van der Waals surface area contributed by atoms with E-state index in [1.54, 1.807) is 12.4 Å². The Morgan fingerprint density at radius 3 is 2.84 bits per heavy atom. The Bertz CT molecular complexity index is 901. The Labute approximate surface area is 144 Å². The van der Waals surface area contributed by atoms with E-state index in [-0.39, 0.29) is 0 Å². The highest BCUT2D eigenvalue weighted by molar-refractivity contribution is 5.64. The number of rotatable bonds is 2. The summed E-state index contributed by atoms with van der Waals surface area (Å²) in [6.45, 7) is 1.82. The van der Waals surface area contributed by atoms with Crippen LogP contribution < -0.4 is 10.5 Å². The first-order valence-electron chi connectivity index (χ1n) is 7.76. The second kappa shape index (κ2) is 7.04. The number of carbonyl (C=O) groups is 1. The largest absolute Gasteiger partial charge is 0.493 e. The number of nitrogens with two attached hydrogens (primary N) is 1. The summed E-state index contributed by atoms with van der Waals surface area (Å²) < 4.78 is 7.71. The fourth-order valence-electron chi connectivity index (χ4n) is 2.73. The van der Waals surface area contributed by atoms with E-state index in [2.05, 4.69) is 20.6 Å². The summed E-state index contributed by atoms with van der Waals surface area (Å²) in [4.78, 5) is 17.5. The fourth-order valence-corrected chi connectivity index (χ4v) is 2.73. The maximum atomic E-state index is 9.00. The smallest absolute Gasteiger partial charge is 0.300 e. The van der Waals surface area contributed by atoms with Crippen LogP contribution in [-0.2, 0) is 11.2 Å². The SMILES string of the molecule is CC(=O)O.Nc1cc(-c2nccn2-c2cccc3c2CCO3)ccn1. The van der Waals surface area contributed by atoms with Gasteiger partial charge in [-0.2, -0.15) is 0 Å². The van der Waals surface area contributed by atoms with Crippen LogP contribution in [0, 0.1) is 0 Å². The van der Waals surface area contributed by atoms with Crippen molar-refractivity contribution in [1.82, 2.24) is 14.5 Å². The number of carboxylic acids is 1. The lowest BCUT2D eigenvalue weighted by Crippen LogP contribution is -2.00. The molecule has 1 aromatic carbocycles. The maximum Gasteiger partial charge on any atom is 0.300 e. The van der Waals surface area contributed by atoms with Crippen molar-refractivity contribution < 1.29 is 14.6 Å². The molecule has 0 radical (unpaired) electrons. The molecule has 0 fully saturated rings. The molecule has 7 nitrogen and oxygen atoms in total. The van der Waals surface area contributed by atoms with Crippen LogP contribution in [0.2, 0.25) is 0 Å². The molecule has 0 saturated heterocycles. The number of hydrogen-bond donors (Lipinski definition) is 2. The summed E-state index contributed by atoms with van der Waals surface area (Å²) in [6.07, 6.45) is 6.37. The Morgan fingerprint density at radius 2 is 2.08 bits per heavy atom. The number of anilines is 1. The van der Waals surface area contributed by atoms with E-state index < -0.39 is 5.97 Å². The first-order chi connectivity index (χ1) is 12.1. The van der Waals surface area contributed by atoms with Gasteiger partial charge in [0.15, 0.2) is 0 Å². The Kier molecular flexibility index (Phi) is 4.65. The van der Waals surface area contributed by atoms with E-state index in [9.17, 15) is 0 Å². The molecule has 25 heavy (non-hydrogen) atoms. The van der Waals surface area contributed by atoms with Crippen molar-refractivity contribution >= 4 is 11.8 Å². The molecule has 7 heteroatoms. The van der Waals surface area contributed by atoms with Gasteiger partial charge in [-0.05, 0) is 24.3 Å². The van der Waals surface area contributed by atoms with Crippen LogP contribution >= 0.6 is 0 Å². The van der Waals surface area contributed by atoms with Gasteiger partial charge in [-0.25, -0.2) is 9.97 Å². The number of nitrogen functional groups attached to an aromatic ring is 1. The second-order valence-electron chi connectivity index (χ2n) is 5.46. The molecular weight excluding hydrogens is 320 g/mol. The molecule has 0 amide bonds. The van der Waals surface area contributed by atoms with Gasteiger partial charge in [0.1, 0.15) is 17.4 Å². The lowest BCUT2D eigenvalue weighted by molar-refractivity contribution is -0.134. The summed E-state index contributed by atoms with van der Waals surface area (Å²) >= 11 is 0. The third-order valence-electron chi connectivity index (χ3n) is 3.66. The van der Waals surface area contributed by atoms with E-state index in [1.807, 2.05) is 30.5 Å². The van der Waals surface area contributed by atoms with Gasteiger partial charge in [-0.1, -0.05) is 6.07 Å². The Hall–Kier alpha value is -3.35. The van der Waals surface area contributed by atoms with Crippen LogP contribution in [0.3, 0.4) is 0 Å². The molecule has 0 atom stereocenters. The summed E-state index contributed by atoms with van der Waals surface area (Å²) in [5.74, 6) is 1.47. The van der Waals surface area contributed by atoms with E-state index in [0.717, 1.165) is 42.8 Å². The number of imidazole rings is 1. The normalized spacial score (nSPS) is 11.9. The molecule has 3 N–H and O–H groups in total. The molecule has 3 aromatic rings. The first kappa shape index (κ1) is 16.5. The predicted octanol–water partition coefficient (Wildman–Crippen LogP) is 2.54. The predicted molar refractivity (Wildman–Crippen MR) is 93.7 cm³/mol. The van der Waals surface area contributed by atoms with Crippen molar-refractivity contribution in [3.8, 4) is 22.8 Å². The molecule has 0 saturated carbocycles. The van der Waals surface area contributed by atoms with Crippen LogP contribution in [0.5, 0.6) is 5.75 Å². The zero-order chi connectivity index (χ0) is 17.8. The number of benzene rings is 1. The Morgan fingerprint density at radius 1 is 1.28 bits per heavy atom. The van der Waals surface area contributed by atoms with E-state index in [0.29, 0.717) is 5.82 Å². The van der Waals surface area contributed by atoms with Crippen molar-refractivity contribution in [1.29, 1.82) is 0 Å². The van der Waals surface area contributed by atoms with Crippen LogP contribution in [0.4, 0.5) is 5.82 Å². The van der Waals surface area contributed by atoms with Gasteiger partial charge in [0.2, 0.25) is 0 Å². The van der Waals surface area contributed by atoms with Crippen LogP contribution in [-0.4, -0.2) is 32.2 Å². The van der Waals surface area contributed by atoms with Crippen LogP contribution in [0.15, 0.2) is 48.9 Å². The summed E-state index contributed by atoms with van der Waals surface area (Å²) in [7, 11) is 0. The number of pyridine rings is 1. The van der Waals surface area contributed by atoms with Crippen molar-refractivity contribution in [2.45, 2.75) is 13.3 Å². The maximum absolute atomic E-state index is 9.00. The first-order valence-corrected chi connectivity index (χ1v) is 7.76. The number of ether oxygens (including phenoxy) is 1. The number of aliphatic carboxylic acids is 1. The topological polar surface area (TPSA) is 103 Å². The second-order valence-corrected chi connectivity index (χ2v) is 5.46. The Balaban J connectivity index is 0.000000415. The average Bonchev–Trinajstić information content (AvgIpc) is 3.23. The fraction of sp³-hybridized carbons (Fsp3) is 0.167. The monoisotopic (exact) mass is 338 g/mol. The number of nitrogens with zero attached hydrogens (tertiary/aromatic N) is 3. The lowest BCUT2D eigenvalue weighted by atomic mass is 10.1. The average molecular weight is 338 g/mol. The van der Waals surface area contributed by atoms with Crippen LogP contribution in [0.1, 0.15) is 12.5 Å². The molecule has 1 aliphatic rings. The standard InChI is InChI=1S/C16H14N4O.C2H4O2/c17-15-10-11(4-6-18-15)16-19-7-8-20(16)13-2-1-3-14-12(13)5-9-21-14;1-2(3)4/h1-4,6-8,10H,5,9H2,(H2,17,18);1H3,(H,3,4). The van der Waals surface area contributed by atoms with Crippen molar-refractivity contribution in [3.05, 3.63) is 54.5 Å². The lowest BCUT2D eigenvalue weighted by Gasteiger charge is -2.11. The van der Waals surface area contributed by atoms with Crippen molar-refractivity contribution in [3.63, 3.8) is 0 Å². The van der Waals surface area contributed by atoms with Crippen molar-refractivity contribution in [2.75, 3.05) is 12.3 Å².